The highest BCUT2D eigenvalue weighted by atomic mass is 16.4. The van der Waals surface area contributed by atoms with Crippen molar-refractivity contribution in [2.45, 2.75) is 26.2 Å². The van der Waals surface area contributed by atoms with Crippen LogP contribution in [-0.2, 0) is 15.0 Å². The SMILES string of the molecule is CN(CC(=O)O)C(=O)C(=O)c1ccc(C(C)(C)C)cc1. The lowest BCUT2D eigenvalue weighted by molar-refractivity contribution is -0.141. The minimum atomic E-state index is -1.16. The third kappa shape index (κ3) is 3.91. The summed E-state index contributed by atoms with van der Waals surface area (Å²) in [4.78, 5) is 35.1. The van der Waals surface area contributed by atoms with Gasteiger partial charge in [0.05, 0.1) is 0 Å². The summed E-state index contributed by atoms with van der Waals surface area (Å²) in [6.45, 7) is 5.66. The quantitative estimate of drug-likeness (QED) is 0.671. The van der Waals surface area contributed by atoms with Crippen molar-refractivity contribution in [2.24, 2.45) is 0 Å². The van der Waals surface area contributed by atoms with Gasteiger partial charge in [0.15, 0.2) is 0 Å². The molecule has 5 nitrogen and oxygen atoms in total. The predicted octanol–water partition coefficient (Wildman–Crippen LogP) is 1.71. The maximum Gasteiger partial charge on any atom is 0.323 e. The third-order valence-electron chi connectivity index (χ3n) is 2.93. The van der Waals surface area contributed by atoms with E-state index in [1.165, 1.54) is 7.05 Å². The molecule has 0 radical (unpaired) electrons. The number of hydrogen-bond donors (Lipinski definition) is 1. The normalized spacial score (nSPS) is 11.0. The first kappa shape index (κ1) is 15.9. The third-order valence-corrected chi connectivity index (χ3v) is 2.93. The van der Waals surface area contributed by atoms with Crippen molar-refractivity contribution in [1.29, 1.82) is 0 Å². The standard InChI is InChI=1S/C15H19NO4/c1-15(2,3)11-7-5-10(6-8-11)13(19)14(20)16(4)9-12(17)18/h5-8H,9H2,1-4H3,(H,17,18). The fraction of sp³-hybridized carbons (Fsp3) is 0.400. The Kier molecular flexibility index (Phi) is 4.65. The number of hydrogen-bond acceptors (Lipinski definition) is 3. The van der Waals surface area contributed by atoms with Gasteiger partial charge in [-0.2, -0.15) is 0 Å². The van der Waals surface area contributed by atoms with Gasteiger partial charge in [-0.3, -0.25) is 14.4 Å². The lowest BCUT2D eigenvalue weighted by Gasteiger charge is -2.19. The molecule has 0 heterocycles. The number of likely N-dealkylation sites (N-methyl/N-ethyl adjacent to an activating group) is 1. The molecule has 0 bridgehead atoms. The molecule has 1 aromatic carbocycles. The Balaban J connectivity index is 2.88. The molecule has 1 amide bonds. The number of carbonyl (C=O) groups excluding carboxylic acids is 2. The Hall–Kier alpha value is -2.17. The summed E-state index contributed by atoms with van der Waals surface area (Å²) in [7, 11) is 1.29. The van der Waals surface area contributed by atoms with Gasteiger partial charge in [0.25, 0.3) is 5.91 Å². The Labute approximate surface area is 118 Å². The van der Waals surface area contributed by atoms with Crippen LogP contribution in [0.4, 0.5) is 0 Å². The molecule has 0 aliphatic carbocycles. The average molecular weight is 277 g/mol. The van der Waals surface area contributed by atoms with Gasteiger partial charge in [-0.05, 0) is 11.0 Å². The number of amides is 1. The van der Waals surface area contributed by atoms with E-state index in [0.29, 0.717) is 0 Å². The molecule has 0 fully saturated rings. The molecule has 5 heteroatoms. The van der Waals surface area contributed by atoms with E-state index < -0.39 is 24.2 Å². The van der Waals surface area contributed by atoms with E-state index in [4.69, 9.17) is 5.11 Å². The lowest BCUT2D eigenvalue weighted by atomic mass is 9.86. The fourth-order valence-corrected chi connectivity index (χ4v) is 1.69. The molecule has 0 aliphatic heterocycles. The number of aliphatic carboxylic acids is 1. The number of carboxylic acids is 1. The van der Waals surface area contributed by atoms with Gasteiger partial charge in [0, 0.05) is 12.6 Å². The molecule has 108 valence electrons. The van der Waals surface area contributed by atoms with E-state index >= 15 is 0 Å². The first-order valence-corrected chi connectivity index (χ1v) is 6.25. The zero-order chi connectivity index (χ0) is 15.5. The molecule has 0 atom stereocenters. The molecule has 0 aromatic heterocycles. The number of Topliss-reactive ketones (excluding diaryl/α,β-unsaturated/α-hetero) is 1. The van der Waals surface area contributed by atoms with Crippen LogP contribution in [0.2, 0.25) is 0 Å². The summed E-state index contributed by atoms with van der Waals surface area (Å²) >= 11 is 0. The zero-order valence-corrected chi connectivity index (χ0v) is 12.1. The highest BCUT2D eigenvalue weighted by Crippen LogP contribution is 2.22. The van der Waals surface area contributed by atoms with Crippen molar-refractivity contribution in [2.75, 3.05) is 13.6 Å². The van der Waals surface area contributed by atoms with Crippen LogP contribution in [0.15, 0.2) is 24.3 Å². The van der Waals surface area contributed by atoms with E-state index in [2.05, 4.69) is 20.8 Å². The predicted molar refractivity (Wildman–Crippen MR) is 74.7 cm³/mol. The highest BCUT2D eigenvalue weighted by molar-refractivity contribution is 6.42. The van der Waals surface area contributed by atoms with Gasteiger partial charge < -0.3 is 10.0 Å². The topological polar surface area (TPSA) is 74.7 Å². The fourth-order valence-electron chi connectivity index (χ4n) is 1.69. The second-order valence-electron chi connectivity index (χ2n) is 5.71. The van der Waals surface area contributed by atoms with Crippen LogP contribution in [0.25, 0.3) is 0 Å². The number of carboxylic acid groups (broad SMARTS) is 1. The van der Waals surface area contributed by atoms with Gasteiger partial charge in [-0.1, -0.05) is 45.0 Å². The van der Waals surface area contributed by atoms with Crippen LogP contribution in [0.5, 0.6) is 0 Å². The van der Waals surface area contributed by atoms with Gasteiger partial charge in [0.1, 0.15) is 6.54 Å². The molecular formula is C15H19NO4. The number of ketones is 1. The lowest BCUT2D eigenvalue weighted by Crippen LogP contribution is -2.37. The molecule has 0 saturated carbocycles. The van der Waals surface area contributed by atoms with Crippen molar-refractivity contribution >= 4 is 17.7 Å². The monoisotopic (exact) mass is 277 g/mol. The second kappa shape index (κ2) is 5.86. The van der Waals surface area contributed by atoms with Crippen LogP contribution in [-0.4, -0.2) is 41.3 Å². The minimum Gasteiger partial charge on any atom is -0.480 e. The van der Waals surface area contributed by atoms with Gasteiger partial charge in [-0.15, -0.1) is 0 Å². The van der Waals surface area contributed by atoms with Crippen molar-refractivity contribution in [3.63, 3.8) is 0 Å². The van der Waals surface area contributed by atoms with Crippen molar-refractivity contribution in [1.82, 2.24) is 4.90 Å². The van der Waals surface area contributed by atoms with Crippen molar-refractivity contribution in [3.8, 4) is 0 Å². The molecule has 0 unspecified atom stereocenters. The van der Waals surface area contributed by atoms with Crippen molar-refractivity contribution in [3.05, 3.63) is 35.4 Å². The molecule has 20 heavy (non-hydrogen) atoms. The van der Waals surface area contributed by atoms with Crippen LogP contribution in [0.1, 0.15) is 36.7 Å². The Morgan fingerprint density at radius 2 is 1.60 bits per heavy atom. The van der Waals surface area contributed by atoms with E-state index in [1.807, 2.05) is 0 Å². The van der Waals surface area contributed by atoms with E-state index in [1.54, 1.807) is 24.3 Å². The summed E-state index contributed by atoms with van der Waals surface area (Å²) in [5.41, 5.74) is 1.28. The second-order valence-corrected chi connectivity index (χ2v) is 5.71. The van der Waals surface area contributed by atoms with Gasteiger partial charge >= 0.3 is 5.97 Å². The van der Waals surface area contributed by atoms with Crippen LogP contribution in [0, 0.1) is 0 Å². The first-order chi connectivity index (χ1) is 9.12. The summed E-state index contributed by atoms with van der Waals surface area (Å²) < 4.78 is 0. The minimum absolute atomic E-state index is 0.0360. The van der Waals surface area contributed by atoms with E-state index in [9.17, 15) is 14.4 Å². The average Bonchev–Trinajstić information content (AvgIpc) is 2.35. The van der Waals surface area contributed by atoms with Crippen LogP contribution < -0.4 is 0 Å². The molecule has 1 N–H and O–H groups in total. The van der Waals surface area contributed by atoms with E-state index in [-0.39, 0.29) is 11.0 Å². The van der Waals surface area contributed by atoms with Crippen LogP contribution >= 0.6 is 0 Å². The molecule has 0 aliphatic rings. The number of nitrogens with zero attached hydrogens (tertiary/aromatic N) is 1. The highest BCUT2D eigenvalue weighted by Gasteiger charge is 2.22. The number of benzene rings is 1. The first-order valence-electron chi connectivity index (χ1n) is 6.25. The van der Waals surface area contributed by atoms with Crippen LogP contribution in [0.3, 0.4) is 0 Å². The molecule has 1 aromatic rings. The van der Waals surface area contributed by atoms with Gasteiger partial charge in [-0.25, -0.2) is 0 Å². The summed E-state index contributed by atoms with van der Waals surface area (Å²) in [5.74, 6) is -2.68. The van der Waals surface area contributed by atoms with Gasteiger partial charge in [0.2, 0.25) is 5.78 Å². The molecule has 1 rings (SSSR count). The zero-order valence-electron chi connectivity index (χ0n) is 12.1. The Morgan fingerprint density at radius 3 is 2.00 bits per heavy atom. The summed E-state index contributed by atoms with van der Waals surface area (Å²) in [5, 5.41) is 8.61. The number of rotatable bonds is 4. The maximum atomic E-state index is 11.9. The molecular weight excluding hydrogens is 258 g/mol. The largest absolute Gasteiger partial charge is 0.480 e. The Bertz CT molecular complexity index is 526. The molecule has 0 spiro atoms. The summed E-state index contributed by atoms with van der Waals surface area (Å²) in [6.07, 6.45) is 0. The Morgan fingerprint density at radius 1 is 1.10 bits per heavy atom. The van der Waals surface area contributed by atoms with E-state index in [0.717, 1.165) is 10.5 Å². The number of carbonyl (C=O) groups is 3. The maximum absolute atomic E-state index is 11.9. The van der Waals surface area contributed by atoms with Crippen molar-refractivity contribution < 1.29 is 19.5 Å². The molecule has 0 saturated heterocycles. The summed E-state index contributed by atoms with van der Waals surface area (Å²) in [6, 6.07) is 6.79. The smallest absolute Gasteiger partial charge is 0.323 e.